The van der Waals surface area contributed by atoms with Gasteiger partial charge in [-0.2, -0.15) is 5.26 Å². The predicted molar refractivity (Wildman–Crippen MR) is 44.1 cm³/mol. The van der Waals surface area contributed by atoms with Gasteiger partial charge in [-0.05, 0) is 0 Å². The molecule has 0 atom stereocenters. The molecule has 1 heterocycles. The highest BCUT2D eigenvalue weighted by atomic mass is 79.9. The molecule has 52 valence electrons. The first-order valence-electron chi connectivity index (χ1n) is 2.73. The molecule has 1 aromatic heterocycles. The largest absolute Gasteiger partial charge is 0.248 e. The van der Waals surface area contributed by atoms with E-state index in [4.69, 9.17) is 5.26 Å². The van der Waals surface area contributed by atoms with Crippen LogP contribution in [0, 0.1) is 11.3 Å². The van der Waals surface area contributed by atoms with Gasteiger partial charge in [0.1, 0.15) is 5.01 Å². The highest BCUT2D eigenvalue weighted by Gasteiger charge is 1.98. The summed E-state index contributed by atoms with van der Waals surface area (Å²) in [7, 11) is 0. The molecule has 0 aliphatic rings. The quantitative estimate of drug-likeness (QED) is 0.711. The van der Waals surface area contributed by atoms with Crippen molar-refractivity contribution in [2.24, 2.45) is 0 Å². The Bertz CT molecular complexity index is 250. The number of nitrogens with zero attached hydrogens (tertiary/aromatic N) is 2. The average molecular weight is 217 g/mol. The third-order valence-electron chi connectivity index (χ3n) is 0.963. The van der Waals surface area contributed by atoms with Gasteiger partial charge in [0.15, 0.2) is 0 Å². The van der Waals surface area contributed by atoms with Gasteiger partial charge in [-0.25, -0.2) is 4.98 Å². The van der Waals surface area contributed by atoms with Crippen molar-refractivity contribution >= 4 is 27.3 Å². The molecular formula is C6H5BrN2S. The van der Waals surface area contributed by atoms with E-state index in [9.17, 15) is 0 Å². The number of thiazole rings is 1. The Morgan fingerprint density at radius 2 is 2.60 bits per heavy atom. The van der Waals surface area contributed by atoms with E-state index in [1.807, 2.05) is 0 Å². The highest BCUT2D eigenvalue weighted by molar-refractivity contribution is 9.08. The maximum absolute atomic E-state index is 8.31. The van der Waals surface area contributed by atoms with E-state index in [0.717, 1.165) is 10.3 Å². The number of rotatable bonds is 2. The molecule has 4 heteroatoms. The summed E-state index contributed by atoms with van der Waals surface area (Å²) in [4.78, 5) is 5.21. The lowest BCUT2D eigenvalue weighted by molar-refractivity contribution is 1.18. The van der Waals surface area contributed by atoms with E-state index in [1.165, 1.54) is 4.88 Å². The maximum atomic E-state index is 8.31. The zero-order chi connectivity index (χ0) is 7.40. The normalized spacial score (nSPS) is 9.20. The van der Waals surface area contributed by atoms with Gasteiger partial charge < -0.3 is 0 Å². The fraction of sp³-hybridized carbons (Fsp3) is 0.333. The Balaban J connectivity index is 2.70. The van der Waals surface area contributed by atoms with Crippen LogP contribution in [0.2, 0.25) is 0 Å². The molecule has 1 rings (SSSR count). The van der Waals surface area contributed by atoms with E-state index in [2.05, 4.69) is 27.0 Å². The van der Waals surface area contributed by atoms with Crippen LogP contribution in [-0.4, -0.2) is 4.98 Å². The Kier molecular flexibility index (Phi) is 2.84. The fourth-order valence-corrected chi connectivity index (χ4v) is 1.75. The van der Waals surface area contributed by atoms with Crippen molar-refractivity contribution in [2.45, 2.75) is 11.8 Å². The number of hydrogen-bond donors (Lipinski definition) is 0. The van der Waals surface area contributed by atoms with Crippen LogP contribution < -0.4 is 0 Å². The topological polar surface area (TPSA) is 36.7 Å². The fourth-order valence-electron chi connectivity index (χ4n) is 0.559. The SMILES string of the molecule is N#CCc1ncc(CBr)s1. The van der Waals surface area contributed by atoms with Crippen molar-refractivity contribution in [2.75, 3.05) is 0 Å². The first-order valence-corrected chi connectivity index (χ1v) is 4.67. The molecular weight excluding hydrogens is 212 g/mol. The zero-order valence-electron chi connectivity index (χ0n) is 5.17. The monoisotopic (exact) mass is 216 g/mol. The molecule has 1 aromatic rings. The molecule has 0 spiro atoms. The van der Waals surface area contributed by atoms with E-state index >= 15 is 0 Å². The molecule has 2 nitrogen and oxygen atoms in total. The Morgan fingerprint density at radius 3 is 3.10 bits per heavy atom. The average Bonchev–Trinajstić information content (AvgIpc) is 2.37. The first-order chi connectivity index (χ1) is 4.86. The lowest BCUT2D eigenvalue weighted by Crippen LogP contribution is -1.74. The summed E-state index contributed by atoms with van der Waals surface area (Å²) >= 11 is 4.89. The van der Waals surface area contributed by atoms with Crippen molar-refractivity contribution in [3.05, 3.63) is 16.1 Å². The second-order valence-electron chi connectivity index (χ2n) is 1.69. The van der Waals surface area contributed by atoms with Crippen LogP contribution >= 0.6 is 27.3 Å². The Labute approximate surface area is 71.6 Å². The van der Waals surface area contributed by atoms with Crippen LogP contribution in [0.4, 0.5) is 0 Å². The molecule has 0 aliphatic heterocycles. The minimum Gasteiger partial charge on any atom is -0.248 e. The number of aromatic nitrogens is 1. The first kappa shape index (κ1) is 7.70. The molecule has 0 aliphatic carbocycles. The van der Waals surface area contributed by atoms with Crippen LogP contribution in [-0.2, 0) is 11.8 Å². The summed E-state index contributed by atoms with van der Waals surface area (Å²) in [5.41, 5.74) is 0. The predicted octanol–water partition coefficient (Wildman–Crippen LogP) is 2.10. The zero-order valence-corrected chi connectivity index (χ0v) is 7.57. The molecule has 10 heavy (non-hydrogen) atoms. The molecule has 0 fully saturated rings. The van der Waals surface area contributed by atoms with Crippen molar-refractivity contribution in [1.82, 2.24) is 4.98 Å². The van der Waals surface area contributed by atoms with Gasteiger partial charge in [0, 0.05) is 16.4 Å². The minimum absolute atomic E-state index is 0.428. The molecule has 0 saturated heterocycles. The number of halogens is 1. The van der Waals surface area contributed by atoms with Gasteiger partial charge in [0.25, 0.3) is 0 Å². The third kappa shape index (κ3) is 1.79. The van der Waals surface area contributed by atoms with E-state index in [1.54, 1.807) is 17.5 Å². The van der Waals surface area contributed by atoms with Crippen molar-refractivity contribution in [3.8, 4) is 6.07 Å². The van der Waals surface area contributed by atoms with Gasteiger partial charge in [-0.15, -0.1) is 11.3 Å². The van der Waals surface area contributed by atoms with Crippen LogP contribution in [0.1, 0.15) is 9.88 Å². The molecule has 0 radical (unpaired) electrons. The number of hydrogen-bond acceptors (Lipinski definition) is 3. The van der Waals surface area contributed by atoms with E-state index < -0.39 is 0 Å². The lowest BCUT2D eigenvalue weighted by atomic mass is 10.5. The lowest BCUT2D eigenvalue weighted by Gasteiger charge is -1.79. The van der Waals surface area contributed by atoms with Crippen LogP contribution in [0.3, 0.4) is 0 Å². The summed E-state index contributed by atoms with van der Waals surface area (Å²) < 4.78 is 0. The summed E-state index contributed by atoms with van der Waals surface area (Å²) in [6, 6.07) is 2.05. The van der Waals surface area contributed by atoms with Gasteiger partial charge in [-0.1, -0.05) is 15.9 Å². The number of alkyl halides is 1. The minimum atomic E-state index is 0.428. The molecule has 0 aromatic carbocycles. The summed E-state index contributed by atoms with van der Waals surface area (Å²) in [6.07, 6.45) is 2.23. The summed E-state index contributed by atoms with van der Waals surface area (Å²) in [5, 5.41) is 10.0. The van der Waals surface area contributed by atoms with E-state index in [0.29, 0.717) is 6.42 Å². The smallest absolute Gasteiger partial charge is 0.107 e. The number of nitriles is 1. The second kappa shape index (κ2) is 3.69. The summed E-state index contributed by atoms with van der Waals surface area (Å²) in [6.45, 7) is 0. The molecule has 0 saturated carbocycles. The second-order valence-corrected chi connectivity index (χ2v) is 3.45. The molecule has 0 amide bonds. The highest BCUT2D eigenvalue weighted by Crippen LogP contribution is 2.15. The van der Waals surface area contributed by atoms with Crippen molar-refractivity contribution < 1.29 is 0 Å². The van der Waals surface area contributed by atoms with Gasteiger partial charge in [0.2, 0.25) is 0 Å². The molecule has 0 unspecified atom stereocenters. The van der Waals surface area contributed by atoms with Gasteiger partial charge in [-0.3, -0.25) is 0 Å². The van der Waals surface area contributed by atoms with E-state index in [-0.39, 0.29) is 0 Å². The van der Waals surface area contributed by atoms with Gasteiger partial charge >= 0.3 is 0 Å². The maximum Gasteiger partial charge on any atom is 0.107 e. The van der Waals surface area contributed by atoms with Gasteiger partial charge in [0.05, 0.1) is 12.5 Å². The molecule has 0 bridgehead atoms. The van der Waals surface area contributed by atoms with Crippen LogP contribution in [0.25, 0.3) is 0 Å². The Morgan fingerprint density at radius 1 is 1.80 bits per heavy atom. The van der Waals surface area contributed by atoms with Crippen molar-refractivity contribution in [1.29, 1.82) is 5.26 Å². The van der Waals surface area contributed by atoms with Crippen LogP contribution in [0.5, 0.6) is 0 Å². The standard InChI is InChI=1S/C6H5BrN2S/c7-3-5-4-9-6(10-5)1-2-8/h4H,1,3H2. The Hall–Kier alpha value is -0.400. The van der Waals surface area contributed by atoms with Crippen molar-refractivity contribution in [3.63, 3.8) is 0 Å². The third-order valence-corrected chi connectivity index (χ3v) is 2.94. The summed E-state index contributed by atoms with van der Waals surface area (Å²) in [5.74, 6) is 0. The van der Waals surface area contributed by atoms with Crippen LogP contribution in [0.15, 0.2) is 6.20 Å². The molecule has 0 N–H and O–H groups in total.